The Morgan fingerprint density at radius 3 is 0.947 bits per heavy atom. The van der Waals surface area contributed by atoms with Gasteiger partial charge in [-0.25, -0.2) is 4.79 Å². The van der Waals surface area contributed by atoms with Gasteiger partial charge >= 0.3 is 6.03 Å². The number of carbonyl (C=O) groups is 8. The van der Waals surface area contributed by atoms with Gasteiger partial charge in [0, 0.05) is 0 Å². The molecule has 0 spiro atoms. The van der Waals surface area contributed by atoms with E-state index in [1.807, 2.05) is 46.1 Å². The number of amides is 3. The summed E-state index contributed by atoms with van der Waals surface area (Å²) in [5.41, 5.74) is 0. The maximum absolute atomic E-state index is 10.1. The van der Waals surface area contributed by atoms with Crippen molar-refractivity contribution in [2.75, 3.05) is 6.54 Å². The molecular formula is C9H16N2O8. The highest BCUT2D eigenvalue weighted by atomic mass is 16.2. The Hall–Kier alpha value is -3.04. The van der Waals surface area contributed by atoms with Crippen molar-refractivity contribution < 1.29 is 38.4 Å². The lowest BCUT2D eigenvalue weighted by Gasteiger charge is -1.78. The third kappa shape index (κ3) is 70.7. The first kappa shape index (κ1) is 36.0. The molecule has 0 aromatic rings. The van der Waals surface area contributed by atoms with E-state index in [0.717, 1.165) is 0 Å². The molecule has 1 aliphatic rings. The van der Waals surface area contributed by atoms with E-state index in [1.54, 1.807) is 0 Å². The lowest BCUT2D eigenvalue weighted by molar-refractivity contribution is -0.117. The first-order valence-electron chi connectivity index (χ1n) is 3.60. The summed E-state index contributed by atoms with van der Waals surface area (Å²) < 4.78 is 0. The first-order chi connectivity index (χ1) is 9.29. The van der Waals surface area contributed by atoms with E-state index in [-0.39, 0.29) is 12.5 Å². The predicted molar refractivity (Wildman–Crippen MR) is 64.3 cm³/mol. The van der Waals surface area contributed by atoms with Crippen molar-refractivity contribution in [3.63, 3.8) is 0 Å². The van der Waals surface area contributed by atoms with Gasteiger partial charge in [-0.3, -0.25) is 10.1 Å². The Balaban J connectivity index is -0.0000000304. The number of imide groups is 1. The molecule has 1 heterocycles. The van der Waals surface area contributed by atoms with Crippen LogP contribution in [-0.2, 0) is 33.6 Å². The molecule has 0 aromatic carbocycles. The third-order valence-corrected chi connectivity index (χ3v) is 0.662. The number of carbonyl (C=O) groups excluding carboxylic acids is 8. The average molecular weight is 280 g/mol. The van der Waals surface area contributed by atoms with E-state index < -0.39 is 6.03 Å². The minimum atomic E-state index is -0.398. The monoisotopic (exact) mass is 280 g/mol. The van der Waals surface area contributed by atoms with Crippen molar-refractivity contribution in [1.82, 2.24) is 10.6 Å². The van der Waals surface area contributed by atoms with Gasteiger partial charge in [0.15, 0.2) is 0 Å². The molecule has 2 N–H and O–H groups in total. The van der Waals surface area contributed by atoms with Gasteiger partial charge in [-0.15, -0.1) is 0 Å². The summed E-state index contributed by atoms with van der Waals surface area (Å²) in [5, 5.41) is 4.30. The molecule has 10 nitrogen and oxygen atoms in total. The molecule has 1 fully saturated rings. The average Bonchev–Trinajstić information content (AvgIpc) is 2.94. The smallest absolute Gasteiger partial charge is 0.321 e. The molecular weight excluding hydrogens is 264 g/mol. The van der Waals surface area contributed by atoms with Crippen LogP contribution in [0.25, 0.3) is 0 Å². The Morgan fingerprint density at radius 1 is 0.632 bits per heavy atom. The highest BCUT2D eigenvalue weighted by molar-refractivity contribution is 6.01. The number of urea groups is 1. The standard InChI is InChI=1S/C3H4N2O2.6CH2O/c6-2-1-4-3(7)5-2;6*1-2/h1H2,(H2,4,5,6,7);6*1H2. The van der Waals surface area contributed by atoms with Gasteiger partial charge in [-0.2, -0.15) is 0 Å². The summed E-state index contributed by atoms with van der Waals surface area (Å²) >= 11 is 0. The second kappa shape index (κ2) is 82.1. The molecule has 0 bridgehead atoms. The number of hydrogen-bond donors (Lipinski definition) is 2. The summed E-state index contributed by atoms with van der Waals surface area (Å²) in [5.74, 6) is -0.259. The van der Waals surface area contributed by atoms with E-state index in [0.29, 0.717) is 0 Å². The van der Waals surface area contributed by atoms with Crippen LogP contribution in [0.5, 0.6) is 0 Å². The second-order valence-electron chi connectivity index (χ2n) is 1.23. The fourth-order valence-electron chi connectivity index (χ4n) is 0.376. The third-order valence-electron chi connectivity index (χ3n) is 0.662. The molecule has 1 aliphatic heterocycles. The largest absolute Gasteiger partial charge is 0.329 e. The van der Waals surface area contributed by atoms with Crippen LogP contribution >= 0.6 is 0 Å². The normalized spacial score (nSPS) is 8.21. The van der Waals surface area contributed by atoms with Crippen LogP contribution in [0.1, 0.15) is 0 Å². The zero-order valence-corrected chi connectivity index (χ0v) is 10.2. The summed E-state index contributed by atoms with van der Waals surface area (Å²) in [6.07, 6.45) is 0. The topological polar surface area (TPSA) is 161 Å². The van der Waals surface area contributed by atoms with E-state index >= 15 is 0 Å². The fourth-order valence-corrected chi connectivity index (χ4v) is 0.376. The summed E-state index contributed by atoms with van der Waals surface area (Å²) in [7, 11) is 0. The van der Waals surface area contributed by atoms with Crippen LogP contribution in [0.4, 0.5) is 4.79 Å². The van der Waals surface area contributed by atoms with Crippen LogP contribution in [0.2, 0.25) is 0 Å². The fraction of sp³-hybridized carbons (Fsp3) is 0.111. The van der Waals surface area contributed by atoms with Gasteiger partial charge in [0.05, 0.1) is 6.54 Å². The van der Waals surface area contributed by atoms with Crippen LogP contribution in [0, 0.1) is 0 Å². The number of nitrogens with one attached hydrogen (secondary N) is 2. The quantitative estimate of drug-likeness (QED) is 0.469. The minimum absolute atomic E-state index is 0.124. The Morgan fingerprint density at radius 2 is 0.895 bits per heavy atom. The van der Waals surface area contributed by atoms with Crippen molar-refractivity contribution in [2.45, 2.75) is 0 Å². The second-order valence-corrected chi connectivity index (χ2v) is 1.23. The van der Waals surface area contributed by atoms with Crippen molar-refractivity contribution in [3.05, 3.63) is 0 Å². The van der Waals surface area contributed by atoms with E-state index in [9.17, 15) is 9.59 Å². The molecule has 0 radical (unpaired) electrons. The highest BCUT2D eigenvalue weighted by Crippen LogP contribution is 1.73. The molecule has 0 atom stereocenters. The van der Waals surface area contributed by atoms with Crippen LogP contribution < -0.4 is 10.6 Å². The van der Waals surface area contributed by atoms with Crippen molar-refractivity contribution >= 4 is 52.7 Å². The van der Waals surface area contributed by atoms with E-state index in [4.69, 9.17) is 28.8 Å². The maximum Gasteiger partial charge on any atom is 0.321 e. The Bertz CT molecular complexity index is 173. The summed E-state index contributed by atoms with van der Waals surface area (Å²) in [4.78, 5) is 68.1. The molecule has 110 valence electrons. The Labute approximate surface area is 109 Å². The van der Waals surface area contributed by atoms with Crippen molar-refractivity contribution in [3.8, 4) is 0 Å². The summed E-state index contributed by atoms with van der Waals surface area (Å²) in [6, 6.07) is -0.398. The number of hydrogen-bond acceptors (Lipinski definition) is 8. The molecule has 0 aromatic heterocycles. The zero-order chi connectivity index (χ0) is 17.3. The molecule has 1 rings (SSSR count). The van der Waals surface area contributed by atoms with Gasteiger partial charge in [0.2, 0.25) is 5.91 Å². The molecule has 10 heteroatoms. The Kier molecular flexibility index (Phi) is 156. The van der Waals surface area contributed by atoms with Crippen LogP contribution in [-0.4, -0.2) is 59.2 Å². The van der Waals surface area contributed by atoms with E-state index in [2.05, 4.69) is 5.32 Å². The van der Waals surface area contributed by atoms with Crippen molar-refractivity contribution in [2.24, 2.45) is 0 Å². The van der Waals surface area contributed by atoms with Crippen LogP contribution in [0.15, 0.2) is 0 Å². The lowest BCUT2D eigenvalue weighted by atomic mass is 10.7. The van der Waals surface area contributed by atoms with Gasteiger partial charge in [-0.05, 0) is 0 Å². The maximum atomic E-state index is 10.1. The highest BCUT2D eigenvalue weighted by Gasteiger charge is 2.14. The van der Waals surface area contributed by atoms with Gasteiger partial charge in [-0.1, -0.05) is 0 Å². The van der Waals surface area contributed by atoms with Crippen molar-refractivity contribution in [1.29, 1.82) is 0 Å². The molecule has 3 amide bonds. The first-order valence-corrected chi connectivity index (χ1v) is 3.60. The van der Waals surface area contributed by atoms with E-state index in [1.165, 1.54) is 0 Å². The van der Waals surface area contributed by atoms with Gasteiger partial charge in [0.1, 0.15) is 40.7 Å². The minimum Gasteiger partial charge on any atom is -0.329 e. The molecule has 0 saturated carbocycles. The molecule has 1 saturated heterocycles. The number of rotatable bonds is 0. The summed E-state index contributed by atoms with van der Waals surface area (Å²) in [6.45, 7) is 12.1. The predicted octanol–water partition coefficient (Wildman–Crippen LogP) is -2.28. The molecule has 0 aliphatic carbocycles. The molecule has 0 unspecified atom stereocenters. The molecule has 19 heavy (non-hydrogen) atoms. The zero-order valence-electron chi connectivity index (χ0n) is 10.2. The lowest BCUT2D eigenvalue weighted by Crippen LogP contribution is -2.22. The van der Waals surface area contributed by atoms with Gasteiger partial charge in [0.25, 0.3) is 0 Å². The van der Waals surface area contributed by atoms with Crippen LogP contribution in [0.3, 0.4) is 0 Å². The van der Waals surface area contributed by atoms with Gasteiger partial charge < -0.3 is 34.1 Å². The SMILES string of the molecule is C=O.C=O.C=O.C=O.C=O.C=O.O=C1CNC(=O)N1.